The SMILES string of the molecule is Cl.Cn1nnnc1SCCCNCc1ccc(OCc2ccccc2)cc1. The molecule has 0 unspecified atom stereocenters. The van der Waals surface area contributed by atoms with Gasteiger partial charge in [0, 0.05) is 19.3 Å². The van der Waals surface area contributed by atoms with Crippen molar-refractivity contribution in [1.29, 1.82) is 0 Å². The zero-order valence-electron chi connectivity index (χ0n) is 15.2. The quantitative estimate of drug-likeness (QED) is 0.411. The van der Waals surface area contributed by atoms with Crippen LogP contribution < -0.4 is 10.1 Å². The van der Waals surface area contributed by atoms with Gasteiger partial charge in [0.1, 0.15) is 12.4 Å². The molecular weight excluding hydrogens is 382 g/mol. The van der Waals surface area contributed by atoms with E-state index in [0.29, 0.717) is 6.61 Å². The van der Waals surface area contributed by atoms with Crippen LogP contribution in [0, 0.1) is 0 Å². The van der Waals surface area contributed by atoms with Crippen molar-refractivity contribution < 1.29 is 4.74 Å². The minimum atomic E-state index is 0. The highest BCUT2D eigenvalue weighted by molar-refractivity contribution is 7.99. The van der Waals surface area contributed by atoms with Crippen LogP contribution in [0.25, 0.3) is 0 Å². The molecule has 0 radical (unpaired) electrons. The molecule has 1 N–H and O–H groups in total. The van der Waals surface area contributed by atoms with Gasteiger partial charge in [-0.1, -0.05) is 54.2 Å². The Hall–Kier alpha value is -2.09. The van der Waals surface area contributed by atoms with Gasteiger partial charge in [-0.25, -0.2) is 4.68 Å². The summed E-state index contributed by atoms with van der Waals surface area (Å²) < 4.78 is 7.50. The third-order valence-electron chi connectivity index (χ3n) is 3.81. The van der Waals surface area contributed by atoms with E-state index in [2.05, 4.69) is 45.1 Å². The van der Waals surface area contributed by atoms with Crippen LogP contribution in [0.1, 0.15) is 17.5 Å². The largest absolute Gasteiger partial charge is 0.489 e. The number of aromatic nitrogens is 4. The number of hydrogen-bond donors (Lipinski definition) is 1. The minimum absolute atomic E-state index is 0. The van der Waals surface area contributed by atoms with E-state index >= 15 is 0 Å². The second-order valence-electron chi connectivity index (χ2n) is 5.88. The van der Waals surface area contributed by atoms with Gasteiger partial charge in [0.2, 0.25) is 5.16 Å². The first kappa shape index (κ1) is 21.2. The molecule has 1 heterocycles. The maximum atomic E-state index is 5.81. The van der Waals surface area contributed by atoms with E-state index < -0.39 is 0 Å². The summed E-state index contributed by atoms with van der Waals surface area (Å²) >= 11 is 1.68. The summed E-state index contributed by atoms with van der Waals surface area (Å²) in [5, 5.41) is 15.7. The number of halogens is 1. The Kier molecular flexibility index (Phi) is 9.10. The van der Waals surface area contributed by atoms with Crippen molar-refractivity contribution in [3.63, 3.8) is 0 Å². The maximum absolute atomic E-state index is 5.81. The van der Waals surface area contributed by atoms with E-state index in [4.69, 9.17) is 4.74 Å². The molecule has 8 heteroatoms. The Bertz CT molecular complexity index is 782. The molecule has 6 nitrogen and oxygen atoms in total. The Labute approximate surface area is 170 Å². The molecule has 3 aromatic rings. The molecule has 27 heavy (non-hydrogen) atoms. The molecule has 2 aromatic carbocycles. The van der Waals surface area contributed by atoms with Gasteiger partial charge in [0.25, 0.3) is 0 Å². The highest BCUT2D eigenvalue weighted by atomic mass is 35.5. The number of nitrogens with zero attached hydrogens (tertiary/aromatic N) is 4. The van der Waals surface area contributed by atoms with E-state index in [9.17, 15) is 0 Å². The molecule has 0 saturated heterocycles. The fourth-order valence-electron chi connectivity index (χ4n) is 2.38. The van der Waals surface area contributed by atoms with Crippen LogP contribution >= 0.6 is 24.2 Å². The lowest BCUT2D eigenvalue weighted by Crippen LogP contribution is -2.15. The second-order valence-corrected chi connectivity index (χ2v) is 6.94. The number of ether oxygens (including phenoxy) is 1. The van der Waals surface area contributed by atoms with Crippen LogP contribution in [-0.4, -0.2) is 32.5 Å². The zero-order valence-corrected chi connectivity index (χ0v) is 16.9. The molecule has 0 aliphatic carbocycles. The van der Waals surface area contributed by atoms with Crippen molar-refractivity contribution in [1.82, 2.24) is 25.5 Å². The summed E-state index contributed by atoms with van der Waals surface area (Å²) in [7, 11) is 1.85. The third kappa shape index (κ3) is 7.21. The van der Waals surface area contributed by atoms with Gasteiger partial charge >= 0.3 is 0 Å². The Morgan fingerprint density at radius 1 is 1.04 bits per heavy atom. The number of aryl methyl sites for hydroxylation is 1. The van der Waals surface area contributed by atoms with Gasteiger partial charge in [-0.15, -0.1) is 17.5 Å². The number of tetrazole rings is 1. The number of thioether (sulfide) groups is 1. The number of hydrogen-bond acceptors (Lipinski definition) is 6. The number of benzene rings is 2. The van der Waals surface area contributed by atoms with Crippen LogP contribution in [0.2, 0.25) is 0 Å². The monoisotopic (exact) mass is 405 g/mol. The van der Waals surface area contributed by atoms with Crippen molar-refractivity contribution in [2.45, 2.75) is 24.7 Å². The van der Waals surface area contributed by atoms with Crippen LogP contribution in [0.15, 0.2) is 59.8 Å². The molecule has 0 amide bonds. The van der Waals surface area contributed by atoms with Gasteiger partial charge in [-0.3, -0.25) is 0 Å². The molecule has 144 valence electrons. The van der Waals surface area contributed by atoms with Crippen molar-refractivity contribution in [3.8, 4) is 5.75 Å². The fourth-order valence-corrected chi connectivity index (χ4v) is 3.17. The molecule has 0 bridgehead atoms. The van der Waals surface area contributed by atoms with Crippen molar-refractivity contribution >= 4 is 24.2 Å². The van der Waals surface area contributed by atoms with Crippen molar-refractivity contribution in [2.75, 3.05) is 12.3 Å². The summed E-state index contributed by atoms with van der Waals surface area (Å²) in [4.78, 5) is 0. The topological polar surface area (TPSA) is 64.9 Å². The second kappa shape index (κ2) is 11.6. The minimum Gasteiger partial charge on any atom is -0.489 e. The van der Waals surface area contributed by atoms with E-state index in [1.165, 1.54) is 11.1 Å². The summed E-state index contributed by atoms with van der Waals surface area (Å²) in [6, 6.07) is 18.5. The first-order valence-corrected chi connectivity index (χ1v) is 9.61. The van der Waals surface area contributed by atoms with Crippen molar-refractivity contribution in [3.05, 3.63) is 65.7 Å². The van der Waals surface area contributed by atoms with Crippen LogP contribution in [-0.2, 0) is 20.2 Å². The Morgan fingerprint density at radius 3 is 2.52 bits per heavy atom. The Morgan fingerprint density at radius 2 is 1.81 bits per heavy atom. The first-order valence-electron chi connectivity index (χ1n) is 8.63. The average molecular weight is 406 g/mol. The van der Waals surface area contributed by atoms with Crippen LogP contribution in [0.4, 0.5) is 0 Å². The highest BCUT2D eigenvalue weighted by Crippen LogP contribution is 2.15. The highest BCUT2D eigenvalue weighted by Gasteiger charge is 2.02. The Balaban J connectivity index is 0.00000261. The average Bonchev–Trinajstić information content (AvgIpc) is 3.09. The smallest absolute Gasteiger partial charge is 0.209 e. The molecule has 3 rings (SSSR count). The summed E-state index contributed by atoms with van der Waals surface area (Å²) in [6.45, 7) is 2.41. The molecule has 0 atom stereocenters. The molecule has 0 fully saturated rings. The predicted molar refractivity (Wildman–Crippen MR) is 110 cm³/mol. The van der Waals surface area contributed by atoms with Crippen molar-refractivity contribution in [2.24, 2.45) is 7.05 Å². The lowest BCUT2D eigenvalue weighted by atomic mass is 10.2. The molecule has 0 aliphatic heterocycles. The normalized spacial score (nSPS) is 10.4. The van der Waals surface area contributed by atoms with E-state index in [0.717, 1.165) is 36.2 Å². The number of rotatable bonds is 10. The molecule has 1 aromatic heterocycles. The third-order valence-corrected chi connectivity index (χ3v) is 4.91. The maximum Gasteiger partial charge on any atom is 0.209 e. The van der Waals surface area contributed by atoms with Gasteiger partial charge in [-0.05, 0) is 46.7 Å². The standard InChI is InChI=1S/C19H23N5OS.ClH/c1-24-19(21-22-23-24)26-13-5-12-20-14-16-8-10-18(11-9-16)25-15-17-6-3-2-4-7-17;/h2-4,6-11,20H,5,12-15H2,1H3;1H. The summed E-state index contributed by atoms with van der Waals surface area (Å²) in [5.41, 5.74) is 2.43. The fraction of sp³-hybridized carbons (Fsp3) is 0.316. The van der Waals surface area contributed by atoms with E-state index in [1.54, 1.807) is 16.4 Å². The molecule has 0 spiro atoms. The van der Waals surface area contributed by atoms with Gasteiger partial charge < -0.3 is 10.1 Å². The van der Waals surface area contributed by atoms with Crippen LogP contribution in [0.3, 0.4) is 0 Å². The lowest BCUT2D eigenvalue weighted by Gasteiger charge is -2.08. The zero-order chi connectivity index (χ0) is 18.0. The van der Waals surface area contributed by atoms with Gasteiger partial charge in [0.05, 0.1) is 0 Å². The molecular formula is C19H24ClN5OS. The first-order chi connectivity index (χ1) is 12.8. The van der Waals surface area contributed by atoms with E-state index in [1.807, 2.05) is 37.4 Å². The summed E-state index contributed by atoms with van der Waals surface area (Å²) in [5.74, 6) is 1.89. The van der Waals surface area contributed by atoms with Crippen LogP contribution in [0.5, 0.6) is 5.75 Å². The molecule has 0 aliphatic rings. The molecule has 0 saturated carbocycles. The number of nitrogens with one attached hydrogen (secondary N) is 1. The predicted octanol–water partition coefficient (Wildman–Crippen LogP) is 3.48. The van der Waals surface area contributed by atoms with Gasteiger partial charge in [-0.2, -0.15) is 0 Å². The summed E-state index contributed by atoms with van der Waals surface area (Å²) in [6.07, 6.45) is 1.07. The van der Waals surface area contributed by atoms with E-state index in [-0.39, 0.29) is 12.4 Å². The van der Waals surface area contributed by atoms with Gasteiger partial charge in [0.15, 0.2) is 0 Å². The lowest BCUT2D eigenvalue weighted by molar-refractivity contribution is 0.306.